The number of esters is 1. The number of methoxy groups -OCH3 is 1. The summed E-state index contributed by atoms with van der Waals surface area (Å²) >= 11 is 0. The summed E-state index contributed by atoms with van der Waals surface area (Å²) in [4.78, 5) is 11.0. The second kappa shape index (κ2) is 10.0. The average Bonchev–Trinajstić information content (AvgIpc) is 2.26. The standard InChI is InChI=1S/C13H24O2/c1-4-5-6-7-8-9-10-11-12(2)13(14)15-3/h12H,1-2,4-11H2,3H3. The van der Waals surface area contributed by atoms with Gasteiger partial charge in [-0.1, -0.05) is 51.9 Å². The number of hydrogen-bond acceptors (Lipinski definition) is 2. The van der Waals surface area contributed by atoms with E-state index in [1.807, 2.05) is 0 Å². The minimum absolute atomic E-state index is 0.185. The van der Waals surface area contributed by atoms with Crippen LogP contribution in [0.15, 0.2) is 0 Å². The van der Waals surface area contributed by atoms with Gasteiger partial charge in [-0.2, -0.15) is 0 Å². The van der Waals surface area contributed by atoms with Gasteiger partial charge < -0.3 is 4.74 Å². The SMILES string of the molecule is [CH2]CCCCCCCCC([CH2])C(=O)OC. The van der Waals surface area contributed by atoms with Crippen LogP contribution in [0.5, 0.6) is 0 Å². The number of unbranched alkanes of at least 4 members (excludes halogenated alkanes) is 6. The summed E-state index contributed by atoms with van der Waals surface area (Å²) in [7, 11) is 1.42. The maximum absolute atomic E-state index is 11.0. The molecule has 0 aliphatic rings. The Labute approximate surface area is 94.4 Å². The van der Waals surface area contributed by atoms with E-state index in [2.05, 4.69) is 18.6 Å². The fourth-order valence-electron chi connectivity index (χ4n) is 1.56. The second-order valence-electron chi connectivity index (χ2n) is 3.98. The van der Waals surface area contributed by atoms with E-state index in [1.54, 1.807) is 0 Å². The molecule has 0 aliphatic carbocycles. The molecule has 2 nitrogen and oxygen atoms in total. The molecule has 0 N–H and O–H groups in total. The Bertz CT molecular complexity index is 155. The van der Waals surface area contributed by atoms with Gasteiger partial charge in [-0.05, 0) is 13.3 Å². The lowest BCUT2D eigenvalue weighted by Gasteiger charge is -2.08. The van der Waals surface area contributed by atoms with Crippen LogP contribution in [0.3, 0.4) is 0 Å². The summed E-state index contributed by atoms with van der Waals surface area (Å²) in [6.45, 7) is 7.59. The Hall–Kier alpha value is -0.530. The van der Waals surface area contributed by atoms with Gasteiger partial charge in [-0.25, -0.2) is 0 Å². The van der Waals surface area contributed by atoms with Crippen molar-refractivity contribution in [1.82, 2.24) is 0 Å². The quantitative estimate of drug-likeness (QED) is 0.431. The van der Waals surface area contributed by atoms with Crippen molar-refractivity contribution in [3.63, 3.8) is 0 Å². The smallest absolute Gasteiger partial charge is 0.308 e. The van der Waals surface area contributed by atoms with Crippen LogP contribution in [-0.2, 0) is 9.53 Å². The Balaban J connectivity index is 3.20. The first kappa shape index (κ1) is 14.5. The molecule has 0 aromatic carbocycles. The molecule has 0 saturated carbocycles. The van der Waals surface area contributed by atoms with E-state index in [9.17, 15) is 4.79 Å². The van der Waals surface area contributed by atoms with Crippen LogP contribution < -0.4 is 0 Å². The molecule has 1 atom stereocenters. The number of rotatable bonds is 9. The zero-order chi connectivity index (χ0) is 11.5. The van der Waals surface area contributed by atoms with Gasteiger partial charge in [0.1, 0.15) is 0 Å². The first-order chi connectivity index (χ1) is 7.22. The Morgan fingerprint density at radius 2 is 1.67 bits per heavy atom. The van der Waals surface area contributed by atoms with Crippen molar-refractivity contribution < 1.29 is 9.53 Å². The maximum Gasteiger partial charge on any atom is 0.308 e. The van der Waals surface area contributed by atoms with Gasteiger partial charge in [-0.15, -0.1) is 0 Å². The van der Waals surface area contributed by atoms with Gasteiger partial charge in [-0.3, -0.25) is 4.79 Å². The molecule has 0 aromatic rings. The summed E-state index contributed by atoms with van der Waals surface area (Å²) < 4.78 is 4.61. The van der Waals surface area contributed by atoms with Gasteiger partial charge in [0, 0.05) is 0 Å². The fourth-order valence-corrected chi connectivity index (χ4v) is 1.56. The van der Waals surface area contributed by atoms with Gasteiger partial charge >= 0.3 is 5.97 Å². The first-order valence-corrected chi connectivity index (χ1v) is 5.92. The van der Waals surface area contributed by atoms with Crippen molar-refractivity contribution in [2.75, 3.05) is 7.11 Å². The average molecular weight is 212 g/mol. The van der Waals surface area contributed by atoms with Gasteiger partial charge in [0.2, 0.25) is 0 Å². The van der Waals surface area contributed by atoms with Crippen molar-refractivity contribution in [2.45, 2.75) is 51.4 Å². The van der Waals surface area contributed by atoms with E-state index < -0.39 is 0 Å². The lowest BCUT2D eigenvalue weighted by molar-refractivity contribution is -0.144. The van der Waals surface area contributed by atoms with E-state index in [0.29, 0.717) is 0 Å². The molecule has 2 heteroatoms. The zero-order valence-corrected chi connectivity index (χ0v) is 9.96. The highest BCUT2D eigenvalue weighted by Crippen LogP contribution is 2.13. The van der Waals surface area contributed by atoms with Crippen LogP contribution in [0.4, 0.5) is 0 Å². The monoisotopic (exact) mass is 212 g/mol. The summed E-state index contributed by atoms with van der Waals surface area (Å²) in [5.41, 5.74) is 0. The number of ether oxygens (including phenoxy) is 1. The van der Waals surface area contributed by atoms with Gasteiger partial charge in [0.05, 0.1) is 13.0 Å². The van der Waals surface area contributed by atoms with Crippen LogP contribution in [0.2, 0.25) is 0 Å². The topological polar surface area (TPSA) is 26.3 Å². The highest BCUT2D eigenvalue weighted by Gasteiger charge is 2.11. The van der Waals surface area contributed by atoms with Crippen molar-refractivity contribution in [2.24, 2.45) is 5.92 Å². The molecule has 15 heavy (non-hydrogen) atoms. The van der Waals surface area contributed by atoms with Crippen LogP contribution in [0.1, 0.15) is 51.4 Å². The molecule has 0 spiro atoms. The molecule has 0 aromatic heterocycles. The van der Waals surface area contributed by atoms with E-state index >= 15 is 0 Å². The summed E-state index contributed by atoms with van der Waals surface area (Å²) in [6, 6.07) is 0. The number of carbonyl (C=O) groups excluding carboxylic acids is 1. The van der Waals surface area contributed by atoms with E-state index in [-0.39, 0.29) is 11.9 Å². The van der Waals surface area contributed by atoms with Crippen molar-refractivity contribution in [1.29, 1.82) is 0 Å². The predicted molar refractivity (Wildman–Crippen MR) is 63.2 cm³/mol. The third kappa shape index (κ3) is 8.46. The third-order valence-electron chi connectivity index (χ3n) is 2.59. The molecule has 1 unspecified atom stereocenters. The van der Waals surface area contributed by atoms with Gasteiger partial charge in [0.25, 0.3) is 0 Å². The summed E-state index contributed by atoms with van der Waals surface area (Å²) in [6.07, 6.45) is 9.23. The molecule has 0 aliphatic heterocycles. The van der Waals surface area contributed by atoms with Crippen molar-refractivity contribution in [3.05, 3.63) is 13.8 Å². The Morgan fingerprint density at radius 1 is 1.13 bits per heavy atom. The van der Waals surface area contributed by atoms with Gasteiger partial charge in [0.15, 0.2) is 0 Å². The van der Waals surface area contributed by atoms with Crippen molar-refractivity contribution >= 4 is 5.97 Å². The second-order valence-corrected chi connectivity index (χ2v) is 3.98. The lowest BCUT2D eigenvalue weighted by Crippen LogP contribution is -2.12. The highest BCUT2D eigenvalue weighted by molar-refractivity contribution is 5.72. The first-order valence-electron chi connectivity index (χ1n) is 5.92. The van der Waals surface area contributed by atoms with Crippen molar-refractivity contribution in [3.8, 4) is 0 Å². The minimum Gasteiger partial charge on any atom is -0.469 e. The normalized spacial score (nSPS) is 12.5. The molecule has 0 heterocycles. The minimum atomic E-state index is -0.188. The Kier molecular flexibility index (Phi) is 9.65. The number of carbonyl (C=O) groups is 1. The Morgan fingerprint density at radius 3 is 2.20 bits per heavy atom. The van der Waals surface area contributed by atoms with Crippen LogP contribution >= 0.6 is 0 Å². The lowest BCUT2D eigenvalue weighted by atomic mass is 10.0. The molecule has 0 bridgehead atoms. The molecular formula is C13H24O2. The van der Waals surface area contributed by atoms with Crippen LogP contribution in [0, 0.1) is 19.8 Å². The maximum atomic E-state index is 11.0. The molecule has 88 valence electrons. The fraction of sp³-hybridized carbons (Fsp3) is 0.769. The van der Waals surface area contributed by atoms with Crippen LogP contribution in [0.25, 0.3) is 0 Å². The zero-order valence-electron chi connectivity index (χ0n) is 9.96. The predicted octanol–water partition coefficient (Wildman–Crippen LogP) is 3.56. The number of hydrogen-bond donors (Lipinski definition) is 0. The van der Waals surface area contributed by atoms with E-state index in [1.165, 1.54) is 39.2 Å². The molecule has 2 radical (unpaired) electrons. The summed E-state index contributed by atoms with van der Waals surface area (Å²) in [5, 5.41) is 0. The summed E-state index contributed by atoms with van der Waals surface area (Å²) in [5.74, 6) is -0.373. The van der Waals surface area contributed by atoms with E-state index in [4.69, 9.17) is 0 Å². The molecular weight excluding hydrogens is 188 g/mol. The largest absolute Gasteiger partial charge is 0.469 e. The molecule has 0 fully saturated rings. The third-order valence-corrected chi connectivity index (χ3v) is 2.59. The van der Waals surface area contributed by atoms with E-state index in [0.717, 1.165) is 19.3 Å². The van der Waals surface area contributed by atoms with Crippen LogP contribution in [-0.4, -0.2) is 13.1 Å². The highest BCUT2D eigenvalue weighted by atomic mass is 16.5. The molecule has 0 saturated heterocycles. The molecule has 0 rings (SSSR count). The molecule has 0 amide bonds.